The van der Waals surface area contributed by atoms with Crippen molar-refractivity contribution in [2.24, 2.45) is 5.92 Å². The number of pyridine rings is 1. The second kappa shape index (κ2) is 7.03. The molecule has 0 N–H and O–H groups in total. The predicted octanol–water partition coefficient (Wildman–Crippen LogP) is 4.24. The van der Waals surface area contributed by atoms with Crippen LogP contribution in [0.1, 0.15) is 23.2 Å². The second-order valence-corrected chi connectivity index (χ2v) is 8.63. The lowest BCUT2D eigenvalue weighted by Crippen LogP contribution is -2.53. The van der Waals surface area contributed by atoms with Crippen molar-refractivity contribution >= 4 is 10.9 Å². The molecule has 0 amide bonds. The largest absolute Gasteiger partial charge is 0.497 e. The van der Waals surface area contributed by atoms with E-state index < -0.39 is 0 Å². The molecule has 2 aromatic carbocycles. The van der Waals surface area contributed by atoms with Crippen molar-refractivity contribution in [3.63, 3.8) is 0 Å². The maximum absolute atomic E-state index is 5.55. The lowest BCUT2D eigenvalue weighted by molar-refractivity contribution is 0.0987. The maximum Gasteiger partial charge on any atom is 0.119 e. The van der Waals surface area contributed by atoms with Gasteiger partial charge < -0.3 is 14.4 Å². The number of fused-ring (bicyclic) bond motifs is 3. The zero-order valence-electron chi connectivity index (χ0n) is 17.4. The molecule has 0 saturated carbocycles. The monoisotopic (exact) mass is 388 g/mol. The van der Waals surface area contributed by atoms with Gasteiger partial charge in [0.05, 0.1) is 19.7 Å². The topological polar surface area (TPSA) is 34.6 Å². The lowest BCUT2D eigenvalue weighted by atomic mass is 9.58. The van der Waals surface area contributed by atoms with E-state index in [1.807, 2.05) is 12.1 Å². The molecule has 29 heavy (non-hydrogen) atoms. The summed E-state index contributed by atoms with van der Waals surface area (Å²) in [5.41, 5.74) is 5.23. The second-order valence-electron chi connectivity index (χ2n) is 8.63. The third kappa shape index (κ3) is 3.06. The van der Waals surface area contributed by atoms with Crippen molar-refractivity contribution in [2.75, 3.05) is 34.4 Å². The maximum atomic E-state index is 5.55. The molecule has 1 aromatic heterocycles. The number of nitrogens with zero attached hydrogens (tertiary/aromatic N) is 2. The lowest BCUT2D eigenvalue weighted by Gasteiger charge is -2.50. The van der Waals surface area contributed by atoms with Crippen LogP contribution in [-0.4, -0.2) is 44.2 Å². The Morgan fingerprint density at radius 2 is 1.86 bits per heavy atom. The quantitative estimate of drug-likeness (QED) is 0.672. The van der Waals surface area contributed by atoms with Gasteiger partial charge in [-0.2, -0.15) is 0 Å². The molecule has 2 aliphatic rings. The molecule has 1 aliphatic carbocycles. The summed E-state index contributed by atoms with van der Waals surface area (Å²) in [6.07, 6.45) is 3.22. The van der Waals surface area contributed by atoms with Crippen molar-refractivity contribution in [2.45, 2.75) is 24.7 Å². The average Bonchev–Trinajstić information content (AvgIpc) is 2.76. The summed E-state index contributed by atoms with van der Waals surface area (Å²) in [5.74, 6) is 2.41. The molecule has 0 spiro atoms. The molecular weight excluding hydrogens is 360 g/mol. The van der Waals surface area contributed by atoms with Gasteiger partial charge in [-0.3, -0.25) is 4.98 Å². The van der Waals surface area contributed by atoms with Gasteiger partial charge in [0.1, 0.15) is 11.5 Å². The summed E-state index contributed by atoms with van der Waals surface area (Å²) in [5, 5.41) is 1.17. The summed E-state index contributed by atoms with van der Waals surface area (Å²) in [7, 11) is 5.71. The molecule has 1 aliphatic heterocycles. The van der Waals surface area contributed by atoms with Crippen LogP contribution in [-0.2, 0) is 18.3 Å². The fourth-order valence-corrected chi connectivity index (χ4v) is 5.40. The van der Waals surface area contributed by atoms with E-state index in [4.69, 9.17) is 14.5 Å². The van der Waals surface area contributed by atoms with Crippen molar-refractivity contribution in [1.82, 2.24) is 9.88 Å². The number of piperidine rings is 1. The number of hydrogen-bond acceptors (Lipinski definition) is 4. The van der Waals surface area contributed by atoms with Crippen LogP contribution in [0.5, 0.6) is 11.5 Å². The van der Waals surface area contributed by atoms with Crippen molar-refractivity contribution in [3.05, 3.63) is 65.4 Å². The highest BCUT2D eigenvalue weighted by atomic mass is 16.5. The Labute approximate surface area is 172 Å². The van der Waals surface area contributed by atoms with E-state index in [1.165, 1.54) is 22.2 Å². The van der Waals surface area contributed by atoms with Gasteiger partial charge in [-0.05, 0) is 79.9 Å². The zero-order chi connectivity index (χ0) is 20.0. The highest BCUT2D eigenvalue weighted by Crippen LogP contribution is 2.48. The van der Waals surface area contributed by atoms with Crippen molar-refractivity contribution in [1.29, 1.82) is 0 Å². The first-order valence-electron chi connectivity index (χ1n) is 10.4. The van der Waals surface area contributed by atoms with Crippen molar-refractivity contribution in [3.8, 4) is 11.5 Å². The summed E-state index contributed by atoms with van der Waals surface area (Å²) >= 11 is 0. The van der Waals surface area contributed by atoms with E-state index in [2.05, 4.69) is 48.3 Å². The van der Waals surface area contributed by atoms with Crippen LogP contribution in [0.2, 0.25) is 0 Å². The molecule has 0 bridgehead atoms. The van der Waals surface area contributed by atoms with Gasteiger partial charge in [0.2, 0.25) is 0 Å². The third-order valence-electron chi connectivity index (χ3n) is 7.04. The fraction of sp³-hybridized carbons (Fsp3) is 0.400. The fourth-order valence-electron chi connectivity index (χ4n) is 5.40. The minimum Gasteiger partial charge on any atom is -0.497 e. The van der Waals surface area contributed by atoms with Crippen LogP contribution in [0.4, 0.5) is 0 Å². The molecule has 2 atom stereocenters. The van der Waals surface area contributed by atoms with E-state index in [-0.39, 0.29) is 5.41 Å². The van der Waals surface area contributed by atoms with Gasteiger partial charge in [-0.15, -0.1) is 0 Å². The van der Waals surface area contributed by atoms with Gasteiger partial charge in [0, 0.05) is 29.5 Å². The number of benzene rings is 2. The first-order valence-corrected chi connectivity index (χ1v) is 10.4. The minimum atomic E-state index is 0.126. The van der Waals surface area contributed by atoms with E-state index >= 15 is 0 Å². The molecule has 4 nitrogen and oxygen atoms in total. The average molecular weight is 389 g/mol. The molecule has 2 heterocycles. The highest BCUT2D eigenvalue weighted by molar-refractivity contribution is 5.81. The van der Waals surface area contributed by atoms with E-state index in [0.29, 0.717) is 5.92 Å². The van der Waals surface area contributed by atoms with Crippen LogP contribution in [0.15, 0.2) is 48.5 Å². The molecule has 5 rings (SSSR count). The third-order valence-corrected chi connectivity index (χ3v) is 7.04. The molecular formula is C25H28N2O2. The van der Waals surface area contributed by atoms with Gasteiger partial charge >= 0.3 is 0 Å². The Kier molecular flexibility index (Phi) is 4.47. The Morgan fingerprint density at radius 1 is 1.03 bits per heavy atom. The first-order chi connectivity index (χ1) is 14.1. The van der Waals surface area contributed by atoms with E-state index in [9.17, 15) is 0 Å². The highest BCUT2D eigenvalue weighted by Gasteiger charge is 2.47. The summed E-state index contributed by atoms with van der Waals surface area (Å²) in [6, 6.07) is 17.2. The first kappa shape index (κ1) is 18.4. The molecule has 1 saturated heterocycles. The molecule has 3 aromatic rings. The van der Waals surface area contributed by atoms with Gasteiger partial charge in [0.25, 0.3) is 0 Å². The van der Waals surface area contributed by atoms with Gasteiger partial charge in [-0.25, -0.2) is 0 Å². The van der Waals surface area contributed by atoms with Crippen molar-refractivity contribution < 1.29 is 9.47 Å². The van der Waals surface area contributed by atoms with Crippen LogP contribution < -0.4 is 9.47 Å². The zero-order valence-corrected chi connectivity index (χ0v) is 17.4. The van der Waals surface area contributed by atoms with E-state index in [0.717, 1.165) is 49.4 Å². The Bertz CT molecular complexity index is 1060. The molecule has 0 radical (unpaired) electrons. The SMILES string of the molecule is COc1cccc([C@@]23CCN(C)C[C@@H]2Cc2cc4cc(OC)ccc4nc2C3)c1. The Hall–Kier alpha value is -2.59. The van der Waals surface area contributed by atoms with Crippen LogP contribution in [0, 0.1) is 5.92 Å². The number of hydrogen-bond donors (Lipinski definition) is 0. The summed E-state index contributed by atoms with van der Waals surface area (Å²) in [4.78, 5) is 7.59. The number of ether oxygens (including phenoxy) is 2. The van der Waals surface area contributed by atoms with Crippen LogP contribution >= 0.6 is 0 Å². The minimum absolute atomic E-state index is 0.126. The summed E-state index contributed by atoms with van der Waals surface area (Å²) in [6.45, 7) is 2.24. The van der Waals surface area contributed by atoms with E-state index in [1.54, 1.807) is 14.2 Å². The smallest absolute Gasteiger partial charge is 0.119 e. The number of aromatic nitrogens is 1. The number of likely N-dealkylation sites (tertiary alicyclic amines) is 1. The van der Waals surface area contributed by atoms with Crippen LogP contribution in [0.25, 0.3) is 10.9 Å². The summed E-state index contributed by atoms with van der Waals surface area (Å²) < 4.78 is 11.0. The number of methoxy groups -OCH3 is 2. The van der Waals surface area contributed by atoms with Gasteiger partial charge in [-0.1, -0.05) is 12.1 Å². The molecule has 1 fully saturated rings. The van der Waals surface area contributed by atoms with Crippen LogP contribution in [0.3, 0.4) is 0 Å². The predicted molar refractivity (Wildman–Crippen MR) is 116 cm³/mol. The normalized spacial score (nSPS) is 24.0. The number of rotatable bonds is 3. The van der Waals surface area contributed by atoms with Gasteiger partial charge in [0.15, 0.2) is 0 Å². The standard InChI is InChI=1S/C25H28N2O2/c1-27-10-9-25(19-5-4-6-21(14-19)28-2)15-24-17(12-20(25)16-27)11-18-13-22(29-3)7-8-23(18)26-24/h4-8,11,13-14,20H,9-10,12,15-16H2,1-3H3/t20-,25-/m0/s1. The molecule has 4 heteroatoms. The Morgan fingerprint density at radius 3 is 2.69 bits per heavy atom. The molecule has 0 unspecified atom stereocenters. The Balaban J connectivity index is 1.63. The molecule has 150 valence electrons.